The molecule has 1 heterocycles. The molecule has 0 bridgehead atoms. The summed E-state index contributed by atoms with van der Waals surface area (Å²) < 4.78 is 0. The Morgan fingerprint density at radius 1 is 1.56 bits per heavy atom. The Bertz CT molecular complexity index is 205. The van der Waals surface area contributed by atoms with Gasteiger partial charge in [-0.1, -0.05) is 0 Å². The molecule has 1 atom stereocenters. The van der Waals surface area contributed by atoms with Crippen molar-refractivity contribution in [2.24, 2.45) is 5.92 Å². The minimum atomic E-state index is 0.322. The molecule has 1 aliphatic rings. The van der Waals surface area contributed by atoms with Crippen LogP contribution in [0, 0.1) is 5.92 Å². The van der Waals surface area contributed by atoms with Gasteiger partial charge in [0.1, 0.15) is 0 Å². The first-order valence-electron chi connectivity index (χ1n) is 6.25. The van der Waals surface area contributed by atoms with E-state index in [0.29, 0.717) is 18.2 Å². The fourth-order valence-corrected chi connectivity index (χ4v) is 2.52. The van der Waals surface area contributed by atoms with Gasteiger partial charge in [-0.15, -0.1) is 0 Å². The van der Waals surface area contributed by atoms with Gasteiger partial charge in [0.2, 0.25) is 5.91 Å². The van der Waals surface area contributed by atoms with Crippen molar-refractivity contribution in [3.05, 3.63) is 0 Å². The highest BCUT2D eigenvalue weighted by atomic mass is 32.2. The predicted octanol–water partition coefficient (Wildman–Crippen LogP) is 1.59. The van der Waals surface area contributed by atoms with E-state index < -0.39 is 0 Å². The normalized spacial score (nSPS) is 20.8. The quantitative estimate of drug-likeness (QED) is 0.770. The number of nitrogens with one attached hydrogen (secondary N) is 1. The highest BCUT2D eigenvalue weighted by Gasteiger charge is 2.19. The molecule has 4 heteroatoms. The number of amides is 1. The summed E-state index contributed by atoms with van der Waals surface area (Å²) in [6, 6.07) is 0. The molecule has 16 heavy (non-hydrogen) atoms. The highest BCUT2D eigenvalue weighted by molar-refractivity contribution is 7.98. The lowest BCUT2D eigenvalue weighted by Gasteiger charge is -2.29. The SMILES string of the molecule is CCN(CC1CCCNC1)C(=O)CCSC. The van der Waals surface area contributed by atoms with E-state index in [2.05, 4.69) is 18.5 Å². The van der Waals surface area contributed by atoms with Crippen molar-refractivity contribution in [2.75, 3.05) is 38.2 Å². The molecule has 0 aromatic heterocycles. The zero-order valence-corrected chi connectivity index (χ0v) is 11.3. The van der Waals surface area contributed by atoms with Gasteiger partial charge < -0.3 is 10.2 Å². The topological polar surface area (TPSA) is 32.3 Å². The zero-order chi connectivity index (χ0) is 11.8. The van der Waals surface area contributed by atoms with E-state index in [9.17, 15) is 4.79 Å². The van der Waals surface area contributed by atoms with Crippen LogP contribution < -0.4 is 5.32 Å². The van der Waals surface area contributed by atoms with Crippen LogP contribution in [0.3, 0.4) is 0 Å². The number of carbonyl (C=O) groups is 1. The van der Waals surface area contributed by atoms with E-state index in [-0.39, 0.29) is 0 Å². The third-order valence-electron chi connectivity index (χ3n) is 3.13. The first-order valence-corrected chi connectivity index (χ1v) is 7.64. The lowest BCUT2D eigenvalue weighted by Crippen LogP contribution is -2.41. The summed E-state index contributed by atoms with van der Waals surface area (Å²) in [5.74, 6) is 1.92. The Morgan fingerprint density at radius 3 is 2.94 bits per heavy atom. The van der Waals surface area contributed by atoms with Gasteiger partial charge in [0.25, 0.3) is 0 Å². The van der Waals surface area contributed by atoms with Crippen LogP contribution in [0.25, 0.3) is 0 Å². The second kappa shape index (κ2) is 7.96. The maximum atomic E-state index is 11.9. The number of thioether (sulfide) groups is 1. The summed E-state index contributed by atoms with van der Waals surface area (Å²) in [5.41, 5.74) is 0. The molecule has 0 saturated carbocycles. The van der Waals surface area contributed by atoms with Crippen molar-refractivity contribution in [3.63, 3.8) is 0 Å². The number of piperidine rings is 1. The summed E-state index contributed by atoms with van der Waals surface area (Å²) in [6.07, 6.45) is 5.25. The molecule has 1 fully saturated rings. The number of rotatable bonds is 6. The third kappa shape index (κ3) is 4.74. The molecule has 1 N–H and O–H groups in total. The van der Waals surface area contributed by atoms with Crippen LogP contribution in [0.2, 0.25) is 0 Å². The van der Waals surface area contributed by atoms with E-state index in [1.165, 1.54) is 12.8 Å². The molecular weight excluding hydrogens is 220 g/mol. The molecule has 0 aromatic rings. The molecule has 0 radical (unpaired) electrons. The average molecular weight is 244 g/mol. The molecule has 0 spiro atoms. The van der Waals surface area contributed by atoms with Crippen molar-refractivity contribution in [1.82, 2.24) is 10.2 Å². The maximum absolute atomic E-state index is 11.9. The van der Waals surface area contributed by atoms with Gasteiger partial charge in [0.15, 0.2) is 0 Å². The van der Waals surface area contributed by atoms with Gasteiger partial charge in [-0.05, 0) is 45.0 Å². The highest BCUT2D eigenvalue weighted by Crippen LogP contribution is 2.12. The monoisotopic (exact) mass is 244 g/mol. The molecule has 0 aliphatic carbocycles. The van der Waals surface area contributed by atoms with Crippen molar-refractivity contribution in [1.29, 1.82) is 0 Å². The number of nitrogens with zero attached hydrogens (tertiary/aromatic N) is 1. The molecule has 0 aromatic carbocycles. The fraction of sp³-hybridized carbons (Fsp3) is 0.917. The minimum absolute atomic E-state index is 0.322. The molecule has 1 unspecified atom stereocenters. The van der Waals surface area contributed by atoms with E-state index in [1.54, 1.807) is 11.8 Å². The Balaban J connectivity index is 2.31. The van der Waals surface area contributed by atoms with Crippen LogP contribution in [-0.4, -0.2) is 49.0 Å². The van der Waals surface area contributed by atoms with Gasteiger partial charge in [-0.25, -0.2) is 0 Å². The van der Waals surface area contributed by atoms with Crippen molar-refractivity contribution < 1.29 is 4.79 Å². The Hall–Kier alpha value is -0.220. The predicted molar refractivity (Wildman–Crippen MR) is 70.8 cm³/mol. The summed E-state index contributed by atoms with van der Waals surface area (Å²) in [6.45, 7) is 6.09. The molecule has 1 aliphatic heterocycles. The molecule has 94 valence electrons. The first kappa shape index (κ1) is 13.8. The van der Waals surface area contributed by atoms with Gasteiger partial charge in [0, 0.05) is 25.3 Å². The lowest BCUT2D eigenvalue weighted by molar-refractivity contribution is -0.131. The van der Waals surface area contributed by atoms with Gasteiger partial charge in [0.05, 0.1) is 0 Å². The van der Waals surface area contributed by atoms with Gasteiger partial charge >= 0.3 is 0 Å². The molecule has 1 saturated heterocycles. The number of hydrogen-bond donors (Lipinski definition) is 1. The maximum Gasteiger partial charge on any atom is 0.223 e. The van der Waals surface area contributed by atoms with Crippen molar-refractivity contribution in [3.8, 4) is 0 Å². The van der Waals surface area contributed by atoms with Crippen LogP contribution in [0.1, 0.15) is 26.2 Å². The fourth-order valence-electron chi connectivity index (χ4n) is 2.15. The van der Waals surface area contributed by atoms with E-state index in [1.807, 2.05) is 4.90 Å². The summed E-state index contributed by atoms with van der Waals surface area (Å²) in [7, 11) is 0. The smallest absolute Gasteiger partial charge is 0.223 e. The van der Waals surface area contributed by atoms with Crippen LogP contribution in [0.5, 0.6) is 0 Å². The summed E-state index contributed by atoms with van der Waals surface area (Å²) >= 11 is 1.74. The lowest BCUT2D eigenvalue weighted by atomic mass is 9.99. The van der Waals surface area contributed by atoms with Crippen LogP contribution >= 0.6 is 11.8 Å². The van der Waals surface area contributed by atoms with E-state index in [4.69, 9.17) is 0 Å². The van der Waals surface area contributed by atoms with Crippen molar-refractivity contribution >= 4 is 17.7 Å². The average Bonchev–Trinajstić information content (AvgIpc) is 2.34. The van der Waals surface area contributed by atoms with Gasteiger partial charge in [-0.3, -0.25) is 4.79 Å². The van der Waals surface area contributed by atoms with Crippen molar-refractivity contribution in [2.45, 2.75) is 26.2 Å². The van der Waals surface area contributed by atoms with E-state index in [0.717, 1.165) is 31.9 Å². The van der Waals surface area contributed by atoms with Crippen LogP contribution in [-0.2, 0) is 4.79 Å². The number of hydrogen-bond acceptors (Lipinski definition) is 3. The van der Waals surface area contributed by atoms with E-state index >= 15 is 0 Å². The molecule has 1 amide bonds. The second-order valence-electron chi connectivity index (χ2n) is 4.39. The third-order valence-corrected chi connectivity index (χ3v) is 3.74. The summed E-state index contributed by atoms with van der Waals surface area (Å²) in [4.78, 5) is 13.9. The summed E-state index contributed by atoms with van der Waals surface area (Å²) in [5, 5.41) is 3.40. The largest absolute Gasteiger partial charge is 0.343 e. The van der Waals surface area contributed by atoms with Crippen LogP contribution in [0.15, 0.2) is 0 Å². The molecular formula is C12H24N2OS. The Labute approximate surface area is 103 Å². The second-order valence-corrected chi connectivity index (χ2v) is 5.37. The molecule has 1 rings (SSSR count). The van der Waals surface area contributed by atoms with Crippen LogP contribution in [0.4, 0.5) is 0 Å². The number of carbonyl (C=O) groups excluding carboxylic acids is 1. The molecule has 3 nitrogen and oxygen atoms in total. The van der Waals surface area contributed by atoms with Gasteiger partial charge in [-0.2, -0.15) is 11.8 Å². The Morgan fingerprint density at radius 2 is 2.38 bits per heavy atom. The first-order chi connectivity index (χ1) is 7.77. The minimum Gasteiger partial charge on any atom is -0.343 e. The Kier molecular flexibility index (Phi) is 6.88. The standard InChI is InChI=1S/C12H24N2OS/c1-3-14(12(15)6-8-16-2)10-11-5-4-7-13-9-11/h11,13H,3-10H2,1-2H3. The zero-order valence-electron chi connectivity index (χ0n) is 10.5.